The molecule has 2 heterocycles. The van der Waals surface area contributed by atoms with E-state index in [4.69, 9.17) is 4.74 Å². The molecular weight excluding hydrogens is 536 g/mol. The fraction of sp³-hybridized carbons (Fsp3) is 0.393. The molecular formula is C28H32N4O9. The Kier molecular flexibility index (Phi) is 8.36. The number of fused-ring (bicyclic) bond motifs is 1. The van der Waals surface area contributed by atoms with Crippen molar-refractivity contribution < 1.29 is 44.0 Å². The van der Waals surface area contributed by atoms with E-state index in [0.717, 1.165) is 23.5 Å². The number of esters is 1. The standard InChI is InChI=1S/C28H32N4O9/c1-4-14(2)26-17(11-24(37)41-26)29-23(36)13-32-20-8-6-5-7-19(20)31(15(3)33)12-18(28(32)40)30-27(39)16-9-21(34)25(38)22(35)10-16/h5-10,14,17-18,26,34-35,38H,4,11-13H2,1-3H3,(H,29,36)(H,30,39). The van der Waals surface area contributed by atoms with Crippen LogP contribution in [0, 0.1) is 5.92 Å². The number of carbonyl (C=O) groups excluding carboxylic acids is 5. The van der Waals surface area contributed by atoms with Crippen LogP contribution >= 0.6 is 0 Å². The third-order valence-electron chi connectivity index (χ3n) is 7.31. The van der Waals surface area contributed by atoms with Crippen LogP contribution in [0.4, 0.5) is 11.4 Å². The lowest BCUT2D eigenvalue weighted by Gasteiger charge is -2.27. The maximum Gasteiger partial charge on any atom is 0.308 e. The highest BCUT2D eigenvalue weighted by Gasteiger charge is 2.41. The molecule has 2 aromatic carbocycles. The zero-order valence-corrected chi connectivity index (χ0v) is 22.8. The topological polar surface area (TPSA) is 186 Å². The van der Waals surface area contributed by atoms with E-state index < -0.39 is 71.6 Å². The number of amides is 4. The van der Waals surface area contributed by atoms with Crippen LogP contribution in [-0.2, 0) is 23.9 Å². The molecule has 41 heavy (non-hydrogen) atoms. The van der Waals surface area contributed by atoms with Crippen molar-refractivity contribution in [2.24, 2.45) is 5.92 Å². The number of cyclic esters (lactones) is 1. The number of nitrogens with zero attached hydrogens (tertiary/aromatic N) is 2. The molecule has 0 bridgehead atoms. The Morgan fingerprint density at radius 3 is 2.29 bits per heavy atom. The predicted molar refractivity (Wildman–Crippen MR) is 145 cm³/mol. The van der Waals surface area contributed by atoms with E-state index in [9.17, 15) is 39.3 Å². The second kappa shape index (κ2) is 11.7. The molecule has 2 aliphatic heterocycles. The molecule has 4 amide bonds. The zero-order valence-electron chi connectivity index (χ0n) is 22.8. The van der Waals surface area contributed by atoms with Gasteiger partial charge < -0.3 is 35.6 Å². The quantitative estimate of drug-likeness (QED) is 0.241. The minimum absolute atomic E-state index is 0.00483. The third-order valence-corrected chi connectivity index (χ3v) is 7.31. The van der Waals surface area contributed by atoms with Gasteiger partial charge in [0.05, 0.1) is 30.4 Å². The minimum atomic E-state index is -1.34. The zero-order chi connectivity index (χ0) is 30.0. The largest absolute Gasteiger partial charge is 0.504 e. The first-order chi connectivity index (χ1) is 19.4. The van der Waals surface area contributed by atoms with E-state index in [0.29, 0.717) is 5.69 Å². The highest BCUT2D eigenvalue weighted by Crippen LogP contribution is 2.36. The van der Waals surface area contributed by atoms with Crippen molar-refractivity contribution in [3.05, 3.63) is 42.0 Å². The SMILES string of the molecule is CCC(C)C1OC(=O)CC1NC(=O)CN1C(=O)C(NC(=O)c2cc(O)c(O)c(O)c2)CN(C(C)=O)c2ccccc21. The molecule has 0 saturated carbocycles. The Morgan fingerprint density at radius 2 is 1.68 bits per heavy atom. The van der Waals surface area contributed by atoms with Gasteiger partial charge in [-0.05, 0) is 36.6 Å². The van der Waals surface area contributed by atoms with Gasteiger partial charge in [-0.1, -0.05) is 26.0 Å². The van der Waals surface area contributed by atoms with Crippen LogP contribution in [0.1, 0.15) is 44.0 Å². The average molecular weight is 569 g/mol. The normalized spacial score (nSPS) is 21.0. The molecule has 2 aliphatic rings. The van der Waals surface area contributed by atoms with Crippen LogP contribution in [0.25, 0.3) is 0 Å². The molecule has 5 N–H and O–H groups in total. The lowest BCUT2D eigenvalue weighted by Crippen LogP contribution is -2.55. The smallest absolute Gasteiger partial charge is 0.308 e. The van der Waals surface area contributed by atoms with Crippen LogP contribution in [-0.4, -0.2) is 76.2 Å². The number of benzene rings is 2. The molecule has 1 saturated heterocycles. The second-order valence-electron chi connectivity index (χ2n) is 10.2. The van der Waals surface area contributed by atoms with E-state index in [1.807, 2.05) is 13.8 Å². The molecule has 13 heteroatoms. The summed E-state index contributed by atoms with van der Waals surface area (Å²) >= 11 is 0. The number of phenols is 3. The fourth-order valence-corrected chi connectivity index (χ4v) is 4.98. The summed E-state index contributed by atoms with van der Waals surface area (Å²) in [6.45, 7) is 4.40. The first kappa shape index (κ1) is 29.2. The molecule has 0 spiro atoms. The summed E-state index contributed by atoms with van der Waals surface area (Å²) in [6, 6.07) is 6.38. The number of ether oxygens (including phenoxy) is 1. The van der Waals surface area contributed by atoms with Crippen LogP contribution < -0.4 is 20.4 Å². The molecule has 4 atom stereocenters. The van der Waals surface area contributed by atoms with Crippen LogP contribution in [0.2, 0.25) is 0 Å². The summed E-state index contributed by atoms with van der Waals surface area (Å²) in [5.41, 5.74) is 0.347. The van der Waals surface area contributed by atoms with Crippen molar-refractivity contribution in [2.45, 2.75) is 51.8 Å². The van der Waals surface area contributed by atoms with E-state index in [-0.39, 0.29) is 30.1 Å². The van der Waals surface area contributed by atoms with Gasteiger partial charge in [0.25, 0.3) is 11.8 Å². The van der Waals surface area contributed by atoms with Crippen molar-refractivity contribution in [3.8, 4) is 17.2 Å². The van der Waals surface area contributed by atoms with Gasteiger partial charge in [0.15, 0.2) is 17.2 Å². The first-order valence-electron chi connectivity index (χ1n) is 13.1. The Morgan fingerprint density at radius 1 is 1.05 bits per heavy atom. The molecule has 13 nitrogen and oxygen atoms in total. The summed E-state index contributed by atoms with van der Waals surface area (Å²) in [5.74, 6) is -5.31. The summed E-state index contributed by atoms with van der Waals surface area (Å²) in [7, 11) is 0. The van der Waals surface area contributed by atoms with Gasteiger partial charge in [-0.3, -0.25) is 28.9 Å². The summed E-state index contributed by atoms with van der Waals surface area (Å²) in [4.78, 5) is 67.2. The molecule has 2 aromatic rings. The van der Waals surface area contributed by atoms with Crippen LogP contribution in [0.5, 0.6) is 17.2 Å². The monoisotopic (exact) mass is 568 g/mol. The van der Waals surface area contributed by atoms with Gasteiger partial charge in [-0.25, -0.2) is 0 Å². The van der Waals surface area contributed by atoms with Crippen molar-refractivity contribution in [1.82, 2.24) is 10.6 Å². The lowest BCUT2D eigenvalue weighted by atomic mass is 9.95. The van der Waals surface area contributed by atoms with E-state index in [1.165, 1.54) is 11.8 Å². The molecule has 0 radical (unpaired) electrons. The minimum Gasteiger partial charge on any atom is -0.504 e. The summed E-state index contributed by atoms with van der Waals surface area (Å²) in [5, 5.41) is 34.5. The Balaban J connectivity index is 1.63. The van der Waals surface area contributed by atoms with Crippen molar-refractivity contribution in [1.29, 1.82) is 0 Å². The number of aromatic hydroxyl groups is 3. The van der Waals surface area contributed by atoms with E-state index in [2.05, 4.69) is 10.6 Å². The molecule has 4 unspecified atom stereocenters. The highest BCUT2D eigenvalue weighted by atomic mass is 16.6. The second-order valence-corrected chi connectivity index (χ2v) is 10.2. The Bertz CT molecular complexity index is 1370. The number of hydrogen-bond acceptors (Lipinski definition) is 9. The Labute approximate surface area is 235 Å². The van der Waals surface area contributed by atoms with E-state index in [1.54, 1.807) is 24.3 Å². The molecule has 0 aromatic heterocycles. The number of rotatable bonds is 7. The number of para-hydroxylation sites is 2. The molecule has 218 valence electrons. The van der Waals surface area contributed by atoms with E-state index >= 15 is 0 Å². The third kappa shape index (κ3) is 6.03. The molecule has 4 rings (SSSR count). The number of anilines is 2. The Hall–Kier alpha value is -4.81. The number of phenolic OH excluding ortho intramolecular Hbond substituents is 3. The van der Waals surface area contributed by atoms with Crippen LogP contribution in [0.3, 0.4) is 0 Å². The van der Waals surface area contributed by atoms with Gasteiger partial charge in [-0.15, -0.1) is 0 Å². The average Bonchev–Trinajstić information content (AvgIpc) is 3.25. The highest BCUT2D eigenvalue weighted by molar-refractivity contribution is 6.10. The molecule has 0 aliphatic carbocycles. The van der Waals surface area contributed by atoms with Crippen molar-refractivity contribution in [3.63, 3.8) is 0 Å². The fourth-order valence-electron chi connectivity index (χ4n) is 4.98. The molecule has 1 fully saturated rings. The van der Waals surface area contributed by atoms with Gasteiger partial charge in [0.1, 0.15) is 18.7 Å². The number of nitrogens with one attached hydrogen (secondary N) is 2. The van der Waals surface area contributed by atoms with Gasteiger partial charge in [-0.2, -0.15) is 0 Å². The summed E-state index contributed by atoms with van der Waals surface area (Å²) < 4.78 is 5.41. The number of hydrogen-bond donors (Lipinski definition) is 5. The van der Waals surface area contributed by atoms with Crippen LogP contribution in [0.15, 0.2) is 36.4 Å². The maximum atomic E-state index is 13.9. The number of carbonyl (C=O) groups is 5. The van der Waals surface area contributed by atoms with Gasteiger partial charge >= 0.3 is 5.97 Å². The van der Waals surface area contributed by atoms with Gasteiger partial charge in [0.2, 0.25) is 11.8 Å². The summed E-state index contributed by atoms with van der Waals surface area (Å²) in [6.07, 6.45) is 0.206. The maximum absolute atomic E-state index is 13.9. The van der Waals surface area contributed by atoms with Gasteiger partial charge in [0, 0.05) is 12.5 Å². The van der Waals surface area contributed by atoms with Crippen molar-refractivity contribution >= 4 is 41.0 Å². The lowest BCUT2D eigenvalue weighted by molar-refractivity contribution is -0.143. The predicted octanol–water partition coefficient (Wildman–Crippen LogP) is 1.15. The van der Waals surface area contributed by atoms with Crippen molar-refractivity contribution in [2.75, 3.05) is 22.9 Å². The first-order valence-corrected chi connectivity index (χ1v) is 13.1.